The van der Waals surface area contributed by atoms with E-state index in [2.05, 4.69) is 25.7 Å². The Morgan fingerprint density at radius 3 is 2.14 bits per heavy atom. The lowest BCUT2D eigenvalue weighted by atomic mass is 9.93. The number of carbonyl (C=O) groups is 2. The quantitative estimate of drug-likeness (QED) is 0.523. The molecule has 0 aromatic rings. The van der Waals surface area contributed by atoms with Gasteiger partial charge in [-0.05, 0) is 11.8 Å². The van der Waals surface area contributed by atoms with Crippen LogP contribution in [0.4, 0.5) is 0 Å². The van der Waals surface area contributed by atoms with Crippen LogP contribution in [0.25, 0.3) is 0 Å². The van der Waals surface area contributed by atoms with Gasteiger partial charge in [0.1, 0.15) is 6.61 Å². The summed E-state index contributed by atoms with van der Waals surface area (Å²) >= 11 is 0. The summed E-state index contributed by atoms with van der Waals surface area (Å²) in [5.41, 5.74) is 0.114. The highest BCUT2D eigenvalue weighted by Crippen LogP contribution is 2.17. The van der Waals surface area contributed by atoms with Crippen LogP contribution in [-0.2, 0) is 23.8 Å². The third-order valence-electron chi connectivity index (χ3n) is 3.21. The van der Waals surface area contributed by atoms with Crippen LogP contribution in [0.5, 0.6) is 0 Å². The van der Waals surface area contributed by atoms with Gasteiger partial charge in [-0.1, -0.05) is 20.8 Å². The molecule has 0 atom stereocenters. The zero-order chi connectivity index (χ0) is 16.4. The van der Waals surface area contributed by atoms with Gasteiger partial charge in [0.2, 0.25) is 0 Å². The van der Waals surface area contributed by atoms with Gasteiger partial charge in [-0.2, -0.15) is 0 Å². The lowest BCUT2D eigenvalue weighted by molar-refractivity contribution is -0.141. The summed E-state index contributed by atoms with van der Waals surface area (Å²) in [5.74, 6) is -1.05. The van der Waals surface area contributed by atoms with Crippen molar-refractivity contribution in [1.82, 2.24) is 4.90 Å². The largest absolute Gasteiger partial charge is 0.463 e. The molecular weight excluding hydrogens is 286 g/mol. The Labute approximate surface area is 132 Å². The number of carbonyl (C=O) groups excluding carboxylic acids is 2. The van der Waals surface area contributed by atoms with Gasteiger partial charge in [0, 0.05) is 31.8 Å². The molecule has 1 heterocycles. The fraction of sp³-hybridized carbons (Fsp3) is 0.750. The number of hydrogen-bond acceptors (Lipinski definition) is 6. The van der Waals surface area contributed by atoms with Gasteiger partial charge in [-0.15, -0.1) is 0 Å². The topological polar surface area (TPSA) is 65.1 Å². The lowest BCUT2D eigenvalue weighted by Crippen LogP contribution is -2.38. The molecule has 1 aliphatic heterocycles. The molecule has 0 aromatic carbocycles. The molecule has 6 nitrogen and oxygen atoms in total. The van der Waals surface area contributed by atoms with Gasteiger partial charge in [0.15, 0.2) is 0 Å². The van der Waals surface area contributed by atoms with Crippen LogP contribution in [0, 0.1) is 5.41 Å². The number of esters is 2. The van der Waals surface area contributed by atoms with E-state index in [1.54, 1.807) is 0 Å². The van der Waals surface area contributed by atoms with Crippen LogP contribution in [-0.4, -0.2) is 62.9 Å². The number of rotatable bonds is 7. The van der Waals surface area contributed by atoms with Crippen molar-refractivity contribution in [2.45, 2.75) is 27.2 Å². The Morgan fingerprint density at radius 2 is 1.59 bits per heavy atom. The van der Waals surface area contributed by atoms with Crippen LogP contribution in [0.1, 0.15) is 27.2 Å². The van der Waals surface area contributed by atoms with Gasteiger partial charge >= 0.3 is 11.9 Å². The Kier molecular flexibility index (Phi) is 8.12. The predicted molar refractivity (Wildman–Crippen MR) is 82.4 cm³/mol. The molecule has 0 bridgehead atoms. The number of ether oxygens (including phenoxy) is 3. The second-order valence-electron chi connectivity index (χ2n) is 6.43. The van der Waals surface area contributed by atoms with Gasteiger partial charge in [-0.25, -0.2) is 9.59 Å². The van der Waals surface area contributed by atoms with Crippen molar-refractivity contribution in [3.8, 4) is 0 Å². The molecule has 22 heavy (non-hydrogen) atoms. The van der Waals surface area contributed by atoms with E-state index in [9.17, 15) is 9.59 Å². The molecule has 1 saturated heterocycles. The smallest absolute Gasteiger partial charge is 0.331 e. The highest BCUT2D eigenvalue weighted by molar-refractivity contribution is 5.91. The Bertz CT molecular complexity index is 380. The molecule has 0 aliphatic carbocycles. The highest BCUT2D eigenvalue weighted by atomic mass is 16.5. The second kappa shape index (κ2) is 9.58. The molecule has 0 amide bonds. The summed E-state index contributed by atoms with van der Waals surface area (Å²) in [7, 11) is 0. The van der Waals surface area contributed by atoms with Crippen LogP contribution >= 0.6 is 0 Å². The molecule has 1 rings (SSSR count). The molecule has 126 valence electrons. The lowest BCUT2D eigenvalue weighted by Gasteiger charge is -2.25. The SMILES string of the molecule is CC(C)(C)CCOC(=O)/C=C/C(=O)OCCN1CCOCC1. The van der Waals surface area contributed by atoms with Crippen molar-refractivity contribution in [1.29, 1.82) is 0 Å². The zero-order valence-corrected chi connectivity index (χ0v) is 13.8. The molecule has 0 unspecified atom stereocenters. The highest BCUT2D eigenvalue weighted by Gasteiger charge is 2.12. The van der Waals surface area contributed by atoms with Crippen molar-refractivity contribution >= 4 is 11.9 Å². The van der Waals surface area contributed by atoms with Crippen molar-refractivity contribution in [2.75, 3.05) is 46.1 Å². The second-order valence-corrected chi connectivity index (χ2v) is 6.43. The summed E-state index contributed by atoms with van der Waals surface area (Å²) < 4.78 is 15.3. The number of hydrogen-bond donors (Lipinski definition) is 0. The minimum atomic E-state index is -0.527. The third kappa shape index (κ3) is 9.52. The number of morpholine rings is 1. The van der Waals surface area contributed by atoms with Crippen LogP contribution in [0.3, 0.4) is 0 Å². The maximum absolute atomic E-state index is 11.5. The maximum atomic E-state index is 11.5. The van der Waals surface area contributed by atoms with Gasteiger partial charge in [0.25, 0.3) is 0 Å². The standard InChI is InChI=1S/C16H27NO5/c1-16(2,3)6-10-21-14(18)4-5-15(19)22-13-9-17-7-11-20-12-8-17/h4-5H,6-13H2,1-3H3/b5-4+. The zero-order valence-electron chi connectivity index (χ0n) is 13.8. The average Bonchev–Trinajstić information content (AvgIpc) is 2.45. The monoisotopic (exact) mass is 313 g/mol. The average molecular weight is 313 g/mol. The Balaban J connectivity index is 2.11. The van der Waals surface area contributed by atoms with E-state index in [0.717, 1.165) is 31.7 Å². The Morgan fingerprint density at radius 1 is 1.05 bits per heavy atom. The molecule has 6 heteroatoms. The summed E-state index contributed by atoms with van der Waals surface area (Å²) in [6.45, 7) is 10.7. The van der Waals surface area contributed by atoms with E-state index >= 15 is 0 Å². The first-order chi connectivity index (χ1) is 10.4. The first-order valence-corrected chi connectivity index (χ1v) is 7.68. The molecule has 0 spiro atoms. The minimum absolute atomic E-state index is 0.114. The van der Waals surface area contributed by atoms with Crippen molar-refractivity contribution in [3.05, 3.63) is 12.2 Å². The minimum Gasteiger partial charge on any atom is -0.463 e. The fourth-order valence-corrected chi connectivity index (χ4v) is 1.79. The molecular formula is C16H27NO5. The van der Waals surface area contributed by atoms with E-state index < -0.39 is 11.9 Å². The van der Waals surface area contributed by atoms with E-state index in [0.29, 0.717) is 33.0 Å². The summed E-state index contributed by atoms with van der Waals surface area (Å²) in [5, 5.41) is 0. The van der Waals surface area contributed by atoms with Crippen molar-refractivity contribution in [3.63, 3.8) is 0 Å². The van der Waals surface area contributed by atoms with E-state index in [1.165, 1.54) is 0 Å². The van der Waals surface area contributed by atoms with Crippen LogP contribution in [0.2, 0.25) is 0 Å². The van der Waals surface area contributed by atoms with Crippen molar-refractivity contribution < 1.29 is 23.8 Å². The molecule has 1 aliphatic rings. The summed E-state index contributed by atoms with van der Waals surface area (Å²) in [6.07, 6.45) is 3.00. The van der Waals surface area contributed by atoms with Crippen LogP contribution < -0.4 is 0 Å². The van der Waals surface area contributed by atoms with Crippen molar-refractivity contribution in [2.24, 2.45) is 5.41 Å². The van der Waals surface area contributed by atoms with E-state index in [-0.39, 0.29) is 5.41 Å². The van der Waals surface area contributed by atoms with Crippen LogP contribution in [0.15, 0.2) is 12.2 Å². The molecule has 0 aromatic heterocycles. The van der Waals surface area contributed by atoms with Gasteiger partial charge in [0.05, 0.1) is 19.8 Å². The first kappa shape index (κ1) is 18.6. The third-order valence-corrected chi connectivity index (χ3v) is 3.21. The summed E-state index contributed by atoms with van der Waals surface area (Å²) in [6, 6.07) is 0. The fourth-order valence-electron chi connectivity index (χ4n) is 1.79. The Hall–Kier alpha value is -1.40. The van der Waals surface area contributed by atoms with Gasteiger partial charge in [-0.3, -0.25) is 4.90 Å². The number of nitrogens with zero attached hydrogens (tertiary/aromatic N) is 1. The normalized spacial score (nSPS) is 16.7. The molecule has 1 fully saturated rings. The summed E-state index contributed by atoms with van der Waals surface area (Å²) in [4.78, 5) is 25.0. The van der Waals surface area contributed by atoms with E-state index in [4.69, 9.17) is 14.2 Å². The maximum Gasteiger partial charge on any atom is 0.331 e. The van der Waals surface area contributed by atoms with E-state index in [1.807, 2.05) is 0 Å². The molecule has 0 N–H and O–H groups in total. The molecule has 0 radical (unpaired) electrons. The van der Waals surface area contributed by atoms with Gasteiger partial charge < -0.3 is 14.2 Å². The molecule has 0 saturated carbocycles. The first-order valence-electron chi connectivity index (χ1n) is 7.68. The predicted octanol–water partition coefficient (Wildman–Crippen LogP) is 1.40.